The van der Waals surface area contributed by atoms with Crippen LogP contribution in [0.25, 0.3) is 28.1 Å². The van der Waals surface area contributed by atoms with Gasteiger partial charge in [0.05, 0.1) is 28.5 Å². The van der Waals surface area contributed by atoms with Gasteiger partial charge >= 0.3 is 0 Å². The zero-order valence-electron chi connectivity index (χ0n) is 15.4. The summed E-state index contributed by atoms with van der Waals surface area (Å²) in [4.78, 5) is 20.6. The predicted octanol–water partition coefficient (Wildman–Crippen LogP) is 4.67. The molecule has 0 spiro atoms. The van der Waals surface area contributed by atoms with Gasteiger partial charge in [0, 0.05) is 17.4 Å². The largest absolute Gasteiger partial charge is 0.338 e. The fourth-order valence-corrected chi connectivity index (χ4v) is 3.20. The molecule has 29 heavy (non-hydrogen) atoms. The van der Waals surface area contributed by atoms with Gasteiger partial charge in [0.25, 0.3) is 5.91 Å². The number of aromatic nitrogens is 4. The maximum absolute atomic E-state index is 12.7. The Kier molecular flexibility index (Phi) is 4.14. The molecule has 2 heterocycles. The van der Waals surface area contributed by atoms with Crippen LogP contribution in [-0.4, -0.2) is 25.7 Å². The van der Waals surface area contributed by atoms with E-state index >= 15 is 0 Å². The number of para-hydroxylation sites is 3. The van der Waals surface area contributed by atoms with Crippen LogP contribution in [0.1, 0.15) is 10.4 Å². The normalized spacial score (nSPS) is 10.9. The highest BCUT2D eigenvalue weighted by molar-refractivity contribution is 6.04. The van der Waals surface area contributed by atoms with Crippen LogP contribution < -0.4 is 5.32 Å². The zero-order chi connectivity index (χ0) is 19.6. The summed E-state index contributed by atoms with van der Waals surface area (Å²) in [6, 6.07) is 25.2. The van der Waals surface area contributed by atoms with Crippen LogP contribution in [0.3, 0.4) is 0 Å². The lowest BCUT2D eigenvalue weighted by Gasteiger charge is -2.05. The number of nitrogens with zero attached hydrogens (tertiary/aromatic N) is 3. The summed E-state index contributed by atoms with van der Waals surface area (Å²) >= 11 is 0. The Hall–Kier alpha value is -4.19. The number of benzene rings is 3. The third-order valence-electron chi connectivity index (χ3n) is 4.65. The summed E-state index contributed by atoms with van der Waals surface area (Å²) in [5, 5.41) is 7.21. The summed E-state index contributed by atoms with van der Waals surface area (Å²) in [6.07, 6.45) is 3.28. The SMILES string of the molecule is O=C(Nc1cccc(-c2nc3ccccc3[nH]2)c1)c1cnn(-c2ccccc2)c1. The predicted molar refractivity (Wildman–Crippen MR) is 113 cm³/mol. The standard InChI is InChI=1S/C23H17N5O/c29-23(17-14-24-28(15-17)19-9-2-1-3-10-19)25-18-8-6-7-16(13-18)22-26-20-11-4-5-12-21(20)27-22/h1-15H,(H,25,29)(H,26,27). The number of anilines is 1. The first-order chi connectivity index (χ1) is 14.3. The van der Waals surface area contributed by atoms with E-state index in [-0.39, 0.29) is 5.91 Å². The number of hydrogen-bond acceptors (Lipinski definition) is 3. The molecule has 3 aromatic carbocycles. The third kappa shape index (κ3) is 3.39. The van der Waals surface area contributed by atoms with Gasteiger partial charge in [-0.05, 0) is 36.4 Å². The molecule has 6 nitrogen and oxygen atoms in total. The summed E-state index contributed by atoms with van der Waals surface area (Å²) in [7, 11) is 0. The lowest BCUT2D eigenvalue weighted by molar-refractivity contribution is 0.102. The molecule has 2 aromatic heterocycles. The van der Waals surface area contributed by atoms with Crippen LogP contribution in [0.15, 0.2) is 91.3 Å². The molecule has 0 aliphatic carbocycles. The molecule has 5 rings (SSSR count). The Labute approximate surface area is 166 Å². The fourth-order valence-electron chi connectivity index (χ4n) is 3.20. The minimum absolute atomic E-state index is 0.214. The molecule has 0 bridgehead atoms. The number of H-pyrrole nitrogens is 1. The van der Waals surface area contributed by atoms with Crippen molar-refractivity contribution in [2.75, 3.05) is 5.32 Å². The smallest absolute Gasteiger partial charge is 0.258 e. The van der Waals surface area contributed by atoms with Crippen molar-refractivity contribution in [2.45, 2.75) is 0 Å². The Morgan fingerprint density at radius 2 is 1.76 bits per heavy atom. The molecule has 1 amide bonds. The van der Waals surface area contributed by atoms with Crippen molar-refractivity contribution in [3.8, 4) is 17.1 Å². The van der Waals surface area contributed by atoms with Crippen LogP contribution in [0.4, 0.5) is 5.69 Å². The van der Waals surface area contributed by atoms with E-state index in [0.29, 0.717) is 11.3 Å². The Morgan fingerprint density at radius 1 is 0.931 bits per heavy atom. The van der Waals surface area contributed by atoms with Crippen molar-refractivity contribution in [1.29, 1.82) is 0 Å². The molecule has 0 fully saturated rings. The summed E-state index contributed by atoms with van der Waals surface area (Å²) < 4.78 is 1.68. The number of imidazole rings is 1. The second-order valence-corrected chi connectivity index (χ2v) is 6.65. The molecule has 6 heteroatoms. The van der Waals surface area contributed by atoms with Gasteiger partial charge < -0.3 is 10.3 Å². The van der Waals surface area contributed by atoms with Gasteiger partial charge in [0.1, 0.15) is 5.82 Å². The van der Waals surface area contributed by atoms with E-state index in [0.717, 1.165) is 28.1 Å². The summed E-state index contributed by atoms with van der Waals surface area (Å²) in [5.74, 6) is 0.549. The molecule has 0 aliphatic heterocycles. The van der Waals surface area contributed by atoms with E-state index in [4.69, 9.17) is 0 Å². The van der Waals surface area contributed by atoms with Crippen molar-refractivity contribution in [2.24, 2.45) is 0 Å². The van der Waals surface area contributed by atoms with Gasteiger partial charge in [-0.2, -0.15) is 5.10 Å². The molecule has 0 unspecified atom stereocenters. The van der Waals surface area contributed by atoms with Gasteiger partial charge in [-0.15, -0.1) is 0 Å². The van der Waals surface area contributed by atoms with Gasteiger partial charge in [-0.1, -0.05) is 42.5 Å². The molecule has 0 radical (unpaired) electrons. The van der Waals surface area contributed by atoms with E-state index in [2.05, 4.69) is 20.4 Å². The molecule has 5 aromatic rings. The molecule has 140 valence electrons. The molecule has 0 saturated heterocycles. The number of carbonyl (C=O) groups excluding carboxylic acids is 1. The maximum atomic E-state index is 12.7. The summed E-state index contributed by atoms with van der Waals surface area (Å²) in [6.45, 7) is 0. The van der Waals surface area contributed by atoms with Gasteiger partial charge in [0.15, 0.2) is 0 Å². The lowest BCUT2D eigenvalue weighted by Crippen LogP contribution is -2.11. The first-order valence-corrected chi connectivity index (χ1v) is 9.23. The summed E-state index contributed by atoms with van der Waals surface area (Å²) in [5.41, 5.74) is 4.87. The van der Waals surface area contributed by atoms with Crippen LogP contribution in [0, 0.1) is 0 Å². The molecular formula is C23H17N5O. The van der Waals surface area contributed by atoms with E-state index in [9.17, 15) is 4.79 Å². The average Bonchev–Trinajstić information content (AvgIpc) is 3.42. The highest BCUT2D eigenvalue weighted by Crippen LogP contribution is 2.23. The Balaban J connectivity index is 1.38. The Morgan fingerprint density at radius 3 is 2.62 bits per heavy atom. The fraction of sp³-hybridized carbons (Fsp3) is 0. The van der Waals surface area contributed by atoms with E-state index in [1.54, 1.807) is 17.1 Å². The average molecular weight is 379 g/mol. The zero-order valence-corrected chi connectivity index (χ0v) is 15.4. The first kappa shape index (κ1) is 16.9. The molecule has 0 atom stereocenters. The van der Waals surface area contributed by atoms with Crippen molar-refractivity contribution in [1.82, 2.24) is 19.7 Å². The minimum Gasteiger partial charge on any atom is -0.338 e. The number of aromatic amines is 1. The third-order valence-corrected chi connectivity index (χ3v) is 4.65. The van der Waals surface area contributed by atoms with Crippen molar-refractivity contribution in [3.05, 3.63) is 96.8 Å². The van der Waals surface area contributed by atoms with Crippen molar-refractivity contribution in [3.63, 3.8) is 0 Å². The van der Waals surface area contributed by atoms with Crippen LogP contribution in [0.2, 0.25) is 0 Å². The number of hydrogen-bond donors (Lipinski definition) is 2. The van der Waals surface area contributed by atoms with Gasteiger partial charge in [-0.3, -0.25) is 4.79 Å². The first-order valence-electron chi connectivity index (χ1n) is 9.23. The van der Waals surface area contributed by atoms with Gasteiger partial charge in [-0.25, -0.2) is 9.67 Å². The number of rotatable bonds is 4. The van der Waals surface area contributed by atoms with E-state index in [1.807, 2.05) is 78.9 Å². The maximum Gasteiger partial charge on any atom is 0.258 e. The molecule has 0 aliphatic rings. The molecule has 0 saturated carbocycles. The monoisotopic (exact) mass is 379 g/mol. The number of amides is 1. The second kappa shape index (κ2) is 7.09. The van der Waals surface area contributed by atoms with Crippen LogP contribution >= 0.6 is 0 Å². The number of fused-ring (bicyclic) bond motifs is 1. The van der Waals surface area contributed by atoms with E-state index in [1.165, 1.54) is 0 Å². The number of carbonyl (C=O) groups is 1. The highest BCUT2D eigenvalue weighted by Gasteiger charge is 2.11. The Bertz CT molecular complexity index is 1270. The van der Waals surface area contributed by atoms with Crippen molar-refractivity contribution >= 4 is 22.6 Å². The van der Waals surface area contributed by atoms with Gasteiger partial charge in [0.2, 0.25) is 0 Å². The quantitative estimate of drug-likeness (QED) is 0.476. The second-order valence-electron chi connectivity index (χ2n) is 6.65. The lowest BCUT2D eigenvalue weighted by atomic mass is 10.2. The molecule has 2 N–H and O–H groups in total. The highest BCUT2D eigenvalue weighted by atomic mass is 16.1. The minimum atomic E-state index is -0.214. The van der Waals surface area contributed by atoms with E-state index < -0.39 is 0 Å². The van der Waals surface area contributed by atoms with Crippen LogP contribution in [-0.2, 0) is 0 Å². The molecular weight excluding hydrogens is 362 g/mol. The number of nitrogens with one attached hydrogen (secondary N) is 2. The topological polar surface area (TPSA) is 75.6 Å². The van der Waals surface area contributed by atoms with Crippen molar-refractivity contribution < 1.29 is 4.79 Å². The van der Waals surface area contributed by atoms with Crippen LogP contribution in [0.5, 0.6) is 0 Å².